The van der Waals surface area contributed by atoms with Crippen LogP contribution in [0.15, 0.2) is 71.6 Å². The van der Waals surface area contributed by atoms with E-state index in [0.29, 0.717) is 35.8 Å². The molecule has 3 aromatic rings. The van der Waals surface area contributed by atoms with Crippen LogP contribution in [0.4, 0.5) is 21.9 Å². The normalized spacial score (nSPS) is 13.2. The monoisotopic (exact) mass is 497 g/mol. The number of hydrogen-bond acceptors (Lipinski definition) is 7. The topological polar surface area (TPSA) is 123 Å². The minimum Gasteiger partial charge on any atom is -0.497 e. The number of methoxy groups -OCH3 is 2. The van der Waals surface area contributed by atoms with E-state index in [0.717, 1.165) is 0 Å². The first-order chi connectivity index (χ1) is 16.8. The van der Waals surface area contributed by atoms with Gasteiger partial charge in [0.1, 0.15) is 23.0 Å². The molecule has 1 fully saturated rings. The lowest BCUT2D eigenvalue weighted by Gasteiger charge is -2.15. The molecule has 2 N–H and O–H groups in total. The van der Waals surface area contributed by atoms with E-state index < -0.39 is 22.0 Å². The van der Waals surface area contributed by atoms with E-state index in [2.05, 4.69) is 10.0 Å². The second-order valence-electron chi connectivity index (χ2n) is 7.47. The van der Waals surface area contributed by atoms with Gasteiger partial charge in [0, 0.05) is 22.6 Å². The van der Waals surface area contributed by atoms with Crippen molar-refractivity contribution >= 4 is 39.1 Å². The maximum absolute atomic E-state index is 13.1. The molecule has 0 spiro atoms. The standard InChI is InChI=1S/C24H23N3O7S/c1-32-20-10-5-17(6-11-20)26-35(30,31)22-15-18(7-12-21(22)33-2)25-23(28)16-3-8-19(9-4-16)27-13-14-34-24(27)29/h3-12,15,26H,13-14H2,1-2H3,(H,25,28). The van der Waals surface area contributed by atoms with E-state index in [-0.39, 0.29) is 16.3 Å². The number of carbonyl (C=O) groups is 2. The zero-order valence-corrected chi connectivity index (χ0v) is 19.8. The van der Waals surface area contributed by atoms with Gasteiger partial charge in [0.25, 0.3) is 15.9 Å². The summed E-state index contributed by atoms with van der Waals surface area (Å²) < 4.78 is 43.8. The first kappa shape index (κ1) is 23.9. The summed E-state index contributed by atoms with van der Waals surface area (Å²) in [5, 5.41) is 2.69. The molecular formula is C24H23N3O7S. The van der Waals surface area contributed by atoms with Crippen LogP contribution in [0, 0.1) is 0 Å². The maximum Gasteiger partial charge on any atom is 0.414 e. The molecule has 1 aliphatic heterocycles. The number of amides is 2. The van der Waals surface area contributed by atoms with E-state index in [1.807, 2.05) is 0 Å². The Morgan fingerprint density at radius 2 is 1.63 bits per heavy atom. The highest BCUT2D eigenvalue weighted by Crippen LogP contribution is 2.30. The molecule has 35 heavy (non-hydrogen) atoms. The zero-order valence-electron chi connectivity index (χ0n) is 19.0. The SMILES string of the molecule is COc1ccc(NS(=O)(=O)c2cc(NC(=O)c3ccc(N4CCOC4=O)cc3)ccc2OC)cc1. The Morgan fingerprint density at radius 1 is 0.943 bits per heavy atom. The van der Waals surface area contributed by atoms with Gasteiger partial charge in [-0.3, -0.25) is 14.4 Å². The Morgan fingerprint density at radius 3 is 2.23 bits per heavy atom. The number of sulfonamides is 1. The molecule has 0 unspecified atom stereocenters. The largest absolute Gasteiger partial charge is 0.497 e. The highest BCUT2D eigenvalue weighted by Gasteiger charge is 2.24. The fourth-order valence-corrected chi connectivity index (χ4v) is 4.71. The van der Waals surface area contributed by atoms with Crippen LogP contribution in [0.25, 0.3) is 0 Å². The Bertz CT molecular complexity index is 1340. The minimum atomic E-state index is -4.04. The Balaban J connectivity index is 1.52. The quantitative estimate of drug-likeness (QED) is 0.486. The minimum absolute atomic E-state index is 0.117. The van der Waals surface area contributed by atoms with Crippen molar-refractivity contribution in [2.24, 2.45) is 0 Å². The molecule has 0 aromatic heterocycles. The van der Waals surface area contributed by atoms with E-state index in [4.69, 9.17) is 14.2 Å². The summed E-state index contributed by atoms with van der Waals surface area (Å²) in [6.07, 6.45) is -0.433. The predicted octanol–water partition coefficient (Wildman–Crippen LogP) is 3.71. The number of benzene rings is 3. The molecule has 10 nitrogen and oxygen atoms in total. The van der Waals surface area contributed by atoms with Crippen molar-refractivity contribution in [1.82, 2.24) is 0 Å². The number of cyclic esters (lactones) is 1. The molecule has 0 bridgehead atoms. The van der Waals surface area contributed by atoms with Crippen LogP contribution >= 0.6 is 0 Å². The Labute approximate surface area is 202 Å². The fraction of sp³-hybridized carbons (Fsp3) is 0.167. The number of ether oxygens (including phenoxy) is 3. The van der Waals surface area contributed by atoms with E-state index in [1.165, 1.54) is 37.3 Å². The lowest BCUT2D eigenvalue weighted by atomic mass is 10.1. The van der Waals surface area contributed by atoms with Crippen molar-refractivity contribution in [1.29, 1.82) is 0 Å². The molecule has 0 radical (unpaired) electrons. The van der Waals surface area contributed by atoms with Gasteiger partial charge in [-0.2, -0.15) is 0 Å². The maximum atomic E-state index is 13.1. The number of nitrogens with zero attached hydrogens (tertiary/aromatic N) is 1. The third-order valence-corrected chi connectivity index (χ3v) is 6.66. The van der Waals surface area contributed by atoms with E-state index >= 15 is 0 Å². The van der Waals surface area contributed by atoms with Gasteiger partial charge in [-0.25, -0.2) is 13.2 Å². The molecule has 0 saturated carbocycles. The summed E-state index contributed by atoms with van der Waals surface area (Å²) in [6.45, 7) is 0.759. The summed E-state index contributed by atoms with van der Waals surface area (Å²) in [7, 11) is -1.16. The zero-order chi connectivity index (χ0) is 25.0. The fourth-order valence-electron chi connectivity index (χ4n) is 3.46. The lowest BCUT2D eigenvalue weighted by molar-refractivity contribution is 0.102. The van der Waals surface area contributed by atoms with Crippen LogP contribution in [-0.2, 0) is 14.8 Å². The average Bonchev–Trinajstić information content (AvgIpc) is 3.30. The van der Waals surface area contributed by atoms with Crippen LogP contribution in [0.2, 0.25) is 0 Å². The average molecular weight is 498 g/mol. The molecule has 1 heterocycles. The van der Waals surface area contributed by atoms with E-state index in [9.17, 15) is 18.0 Å². The van der Waals surface area contributed by atoms with Crippen molar-refractivity contribution in [3.63, 3.8) is 0 Å². The molecular weight excluding hydrogens is 474 g/mol. The predicted molar refractivity (Wildman–Crippen MR) is 130 cm³/mol. The number of anilines is 3. The summed E-state index contributed by atoms with van der Waals surface area (Å²) in [5.41, 5.74) is 1.55. The molecule has 2 amide bonds. The lowest BCUT2D eigenvalue weighted by Crippen LogP contribution is -2.23. The first-order valence-electron chi connectivity index (χ1n) is 10.5. The van der Waals surface area contributed by atoms with Gasteiger partial charge in [-0.15, -0.1) is 0 Å². The molecule has 1 aliphatic rings. The molecule has 3 aromatic carbocycles. The van der Waals surface area contributed by atoms with Crippen molar-refractivity contribution in [2.45, 2.75) is 4.90 Å². The van der Waals surface area contributed by atoms with Crippen LogP contribution in [-0.4, -0.2) is 47.8 Å². The number of hydrogen-bond donors (Lipinski definition) is 2. The number of rotatable bonds is 8. The van der Waals surface area contributed by atoms with Gasteiger partial charge in [0.15, 0.2) is 0 Å². The molecule has 0 atom stereocenters. The van der Waals surface area contributed by atoms with Gasteiger partial charge in [0.2, 0.25) is 0 Å². The van der Waals surface area contributed by atoms with Crippen molar-refractivity contribution in [3.05, 3.63) is 72.3 Å². The summed E-state index contributed by atoms with van der Waals surface area (Å²) in [5.74, 6) is 0.256. The van der Waals surface area contributed by atoms with Crippen LogP contribution < -0.4 is 24.4 Å². The van der Waals surface area contributed by atoms with Gasteiger partial charge < -0.3 is 19.5 Å². The number of nitrogens with one attached hydrogen (secondary N) is 2. The smallest absolute Gasteiger partial charge is 0.414 e. The van der Waals surface area contributed by atoms with Crippen molar-refractivity contribution in [2.75, 3.05) is 42.3 Å². The van der Waals surface area contributed by atoms with Gasteiger partial charge in [-0.1, -0.05) is 0 Å². The molecule has 182 valence electrons. The summed E-state index contributed by atoms with van der Waals surface area (Å²) in [4.78, 5) is 25.8. The third kappa shape index (κ3) is 5.30. The molecule has 11 heteroatoms. The molecule has 4 rings (SSSR count). The second-order valence-corrected chi connectivity index (χ2v) is 9.12. The highest BCUT2D eigenvalue weighted by atomic mass is 32.2. The Kier molecular flexibility index (Phi) is 6.78. The van der Waals surface area contributed by atoms with Crippen LogP contribution in [0.1, 0.15) is 10.4 Å². The Hall–Kier alpha value is -4.25. The molecule has 1 saturated heterocycles. The van der Waals surface area contributed by atoms with Crippen molar-refractivity contribution < 1.29 is 32.2 Å². The highest BCUT2D eigenvalue weighted by molar-refractivity contribution is 7.92. The van der Waals surface area contributed by atoms with Gasteiger partial charge in [0.05, 0.1) is 20.8 Å². The van der Waals surface area contributed by atoms with Crippen LogP contribution in [0.5, 0.6) is 11.5 Å². The van der Waals surface area contributed by atoms with Gasteiger partial charge in [-0.05, 0) is 66.7 Å². The third-order valence-electron chi connectivity index (χ3n) is 5.26. The van der Waals surface area contributed by atoms with Crippen molar-refractivity contribution in [3.8, 4) is 11.5 Å². The van der Waals surface area contributed by atoms with Gasteiger partial charge >= 0.3 is 6.09 Å². The summed E-state index contributed by atoms with van der Waals surface area (Å²) >= 11 is 0. The first-order valence-corrected chi connectivity index (χ1v) is 12.0. The summed E-state index contributed by atoms with van der Waals surface area (Å²) in [6, 6.07) is 17.1. The number of carbonyl (C=O) groups excluding carboxylic acids is 2. The molecule has 0 aliphatic carbocycles. The second kappa shape index (κ2) is 9.94. The van der Waals surface area contributed by atoms with Crippen LogP contribution in [0.3, 0.4) is 0 Å². The van der Waals surface area contributed by atoms with E-state index in [1.54, 1.807) is 48.5 Å².